The number of carbonyl (C=O) groups excluding carboxylic acids is 1. The third kappa shape index (κ3) is 3.87. The zero-order chi connectivity index (χ0) is 18.7. The van der Waals surface area contributed by atoms with Gasteiger partial charge in [-0.25, -0.2) is 4.98 Å². The number of thiazole rings is 1. The molecule has 26 heavy (non-hydrogen) atoms. The number of ether oxygens (including phenoxy) is 2. The van der Waals surface area contributed by atoms with Gasteiger partial charge in [0.05, 0.1) is 21.9 Å². The molecule has 2 heterocycles. The fourth-order valence-corrected chi connectivity index (χ4v) is 3.43. The third-order valence-electron chi connectivity index (χ3n) is 3.57. The summed E-state index contributed by atoms with van der Waals surface area (Å²) in [6.07, 6.45) is 1.43. The summed E-state index contributed by atoms with van der Waals surface area (Å²) < 4.78 is 12.6. The van der Waals surface area contributed by atoms with Gasteiger partial charge >= 0.3 is 0 Å². The van der Waals surface area contributed by atoms with Crippen LogP contribution in [0.25, 0.3) is 10.2 Å². The summed E-state index contributed by atoms with van der Waals surface area (Å²) in [5.74, 6) is -0.231. The first-order valence-corrected chi connectivity index (χ1v) is 8.88. The van der Waals surface area contributed by atoms with Gasteiger partial charge in [0, 0.05) is 26.4 Å². The predicted molar refractivity (Wildman–Crippen MR) is 102 cm³/mol. The van der Waals surface area contributed by atoms with Crippen LogP contribution in [0.2, 0.25) is 5.02 Å². The lowest BCUT2D eigenvalue weighted by Gasteiger charge is -2.11. The van der Waals surface area contributed by atoms with Gasteiger partial charge in [0.25, 0.3) is 11.5 Å². The van der Waals surface area contributed by atoms with E-state index in [0.717, 1.165) is 4.70 Å². The van der Waals surface area contributed by atoms with Crippen LogP contribution in [0.15, 0.2) is 35.3 Å². The number of aryl methyl sites for hydroxylation is 1. The molecule has 0 aliphatic rings. The van der Waals surface area contributed by atoms with Gasteiger partial charge in [0.15, 0.2) is 5.13 Å². The van der Waals surface area contributed by atoms with Crippen molar-refractivity contribution in [3.05, 3.63) is 51.4 Å². The topological polar surface area (TPSA) is 82.5 Å². The van der Waals surface area contributed by atoms with E-state index in [-0.39, 0.29) is 23.5 Å². The molecule has 9 heteroatoms. The van der Waals surface area contributed by atoms with Crippen LogP contribution < -0.4 is 15.6 Å². The zero-order valence-corrected chi connectivity index (χ0v) is 15.7. The molecule has 0 atom stereocenters. The lowest BCUT2D eigenvalue weighted by atomic mass is 10.2. The SMILES string of the molecule is COCCOc1cc(=O)n(C)cc1C(=O)Nc1nc2c(Cl)cccc2s1. The number of nitrogens with zero attached hydrogens (tertiary/aromatic N) is 2. The molecular formula is C17H16ClN3O4S. The summed E-state index contributed by atoms with van der Waals surface area (Å²) in [6.45, 7) is 0.563. The fraction of sp³-hybridized carbons (Fsp3) is 0.235. The molecule has 0 saturated heterocycles. The number of para-hydroxylation sites is 1. The Hall–Kier alpha value is -2.42. The Balaban J connectivity index is 1.89. The molecule has 136 valence electrons. The van der Waals surface area contributed by atoms with Crippen LogP contribution in [-0.2, 0) is 11.8 Å². The number of carbonyl (C=O) groups is 1. The highest BCUT2D eigenvalue weighted by Gasteiger charge is 2.17. The number of anilines is 1. The van der Waals surface area contributed by atoms with E-state index in [0.29, 0.717) is 22.3 Å². The summed E-state index contributed by atoms with van der Waals surface area (Å²) in [7, 11) is 3.11. The van der Waals surface area contributed by atoms with Crippen molar-refractivity contribution < 1.29 is 14.3 Å². The van der Waals surface area contributed by atoms with Crippen molar-refractivity contribution in [3.63, 3.8) is 0 Å². The standard InChI is InChI=1S/C17H16ClN3O4S/c1-21-9-10(12(8-14(21)22)25-7-6-24-2)16(23)20-17-19-15-11(18)4-3-5-13(15)26-17/h3-5,8-9H,6-7H2,1-2H3,(H,19,20,23). The van der Waals surface area contributed by atoms with Gasteiger partial charge in [-0.05, 0) is 12.1 Å². The molecule has 7 nitrogen and oxygen atoms in total. The molecule has 1 aromatic carbocycles. The Morgan fingerprint density at radius 2 is 2.19 bits per heavy atom. The van der Waals surface area contributed by atoms with E-state index in [1.165, 1.54) is 28.2 Å². The number of amides is 1. The summed E-state index contributed by atoms with van der Waals surface area (Å²) in [4.78, 5) is 28.9. The van der Waals surface area contributed by atoms with Crippen LogP contribution >= 0.6 is 22.9 Å². The second-order valence-electron chi connectivity index (χ2n) is 5.40. The van der Waals surface area contributed by atoms with E-state index >= 15 is 0 Å². The van der Waals surface area contributed by atoms with Crippen LogP contribution in [0.4, 0.5) is 5.13 Å². The van der Waals surface area contributed by atoms with E-state index in [1.807, 2.05) is 12.1 Å². The van der Waals surface area contributed by atoms with Crippen LogP contribution in [0.5, 0.6) is 5.75 Å². The molecule has 0 radical (unpaired) electrons. The minimum atomic E-state index is -0.428. The molecular weight excluding hydrogens is 378 g/mol. The lowest BCUT2D eigenvalue weighted by Crippen LogP contribution is -2.22. The van der Waals surface area contributed by atoms with E-state index in [1.54, 1.807) is 20.2 Å². The first-order chi connectivity index (χ1) is 12.5. The molecule has 0 aliphatic heterocycles. The number of pyridine rings is 1. The Kier molecular flexibility index (Phi) is 5.55. The fourth-order valence-electron chi connectivity index (χ4n) is 2.27. The van der Waals surface area contributed by atoms with Gasteiger partial charge in [0.2, 0.25) is 0 Å². The number of nitrogens with one attached hydrogen (secondary N) is 1. The molecule has 0 aliphatic carbocycles. The number of hydrogen-bond donors (Lipinski definition) is 1. The van der Waals surface area contributed by atoms with Crippen LogP contribution in [0.3, 0.4) is 0 Å². The van der Waals surface area contributed by atoms with Crippen molar-refractivity contribution >= 4 is 44.2 Å². The van der Waals surface area contributed by atoms with Crippen LogP contribution in [-0.4, -0.2) is 35.8 Å². The number of rotatable bonds is 6. The van der Waals surface area contributed by atoms with Crippen molar-refractivity contribution in [2.45, 2.75) is 0 Å². The monoisotopic (exact) mass is 393 g/mol. The average molecular weight is 394 g/mol. The van der Waals surface area contributed by atoms with Crippen molar-refractivity contribution in [1.82, 2.24) is 9.55 Å². The number of fused-ring (bicyclic) bond motifs is 1. The predicted octanol–water partition coefficient (Wildman–Crippen LogP) is 2.93. The number of benzene rings is 1. The molecule has 0 bridgehead atoms. The average Bonchev–Trinajstić information content (AvgIpc) is 3.02. The van der Waals surface area contributed by atoms with Gasteiger partial charge in [-0.1, -0.05) is 29.0 Å². The number of methoxy groups -OCH3 is 1. The molecule has 2 aromatic heterocycles. The molecule has 0 spiro atoms. The quantitative estimate of drug-likeness (QED) is 0.651. The van der Waals surface area contributed by atoms with Crippen molar-refractivity contribution in [2.75, 3.05) is 25.6 Å². The maximum Gasteiger partial charge on any atom is 0.262 e. The number of halogens is 1. The molecule has 3 rings (SSSR count). The van der Waals surface area contributed by atoms with Crippen molar-refractivity contribution in [3.8, 4) is 5.75 Å². The second-order valence-corrected chi connectivity index (χ2v) is 6.84. The highest BCUT2D eigenvalue weighted by molar-refractivity contribution is 7.22. The Morgan fingerprint density at radius 1 is 1.38 bits per heavy atom. The molecule has 1 amide bonds. The third-order valence-corrected chi connectivity index (χ3v) is 4.81. The second kappa shape index (κ2) is 7.86. The summed E-state index contributed by atoms with van der Waals surface area (Å²) in [6, 6.07) is 6.72. The normalized spacial score (nSPS) is 10.9. The van der Waals surface area contributed by atoms with Gasteiger partial charge in [-0.2, -0.15) is 0 Å². The maximum absolute atomic E-state index is 12.7. The van der Waals surface area contributed by atoms with E-state index in [9.17, 15) is 9.59 Å². The van der Waals surface area contributed by atoms with Gasteiger partial charge in [0.1, 0.15) is 17.9 Å². The first kappa shape index (κ1) is 18.4. The molecule has 0 unspecified atom stereocenters. The first-order valence-electron chi connectivity index (χ1n) is 7.68. The van der Waals surface area contributed by atoms with Crippen LogP contribution in [0.1, 0.15) is 10.4 Å². The van der Waals surface area contributed by atoms with E-state index < -0.39 is 5.91 Å². The van der Waals surface area contributed by atoms with Crippen molar-refractivity contribution in [2.24, 2.45) is 7.05 Å². The summed E-state index contributed by atoms with van der Waals surface area (Å²) >= 11 is 7.43. The Labute approximate surface area is 158 Å². The van der Waals surface area contributed by atoms with E-state index in [2.05, 4.69) is 10.3 Å². The summed E-state index contributed by atoms with van der Waals surface area (Å²) in [5.41, 5.74) is 0.584. The van der Waals surface area contributed by atoms with Gasteiger partial charge in [-0.3, -0.25) is 14.9 Å². The lowest BCUT2D eigenvalue weighted by molar-refractivity contribution is 0.101. The summed E-state index contributed by atoms with van der Waals surface area (Å²) in [5, 5.41) is 3.67. The highest BCUT2D eigenvalue weighted by atomic mass is 35.5. The zero-order valence-electron chi connectivity index (χ0n) is 14.1. The van der Waals surface area contributed by atoms with Crippen LogP contribution in [0, 0.1) is 0 Å². The molecule has 3 aromatic rings. The smallest absolute Gasteiger partial charge is 0.262 e. The Bertz CT molecular complexity index is 1010. The minimum absolute atomic E-state index is 0.196. The highest BCUT2D eigenvalue weighted by Crippen LogP contribution is 2.31. The largest absolute Gasteiger partial charge is 0.490 e. The number of aromatic nitrogens is 2. The molecule has 0 fully saturated rings. The Morgan fingerprint density at radius 3 is 2.92 bits per heavy atom. The van der Waals surface area contributed by atoms with Gasteiger partial charge < -0.3 is 14.0 Å². The molecule has 0 saturated carbocycles. The number of hydrogen-bond acceptors (Lipinski definition) is 6. The van der Waals surface area contributed by atoms with Gasteiger partial charge in [-0.15, -0.1) is 0 Å². The maximum atomic E-state index is 12.7. The van der Waals surface area contributed by atoms with Crippen molar-refractivity contribution in [1.29, 1.82) is 0 Å². The molecule has 1 N–H and O–H groups in total. The van der Waals surface area contributed by atoms with E-state index in [4.69, 9.17) is 21.1 Å². The minimum Gasteiger partial charge on any atom is -0.490 e.